The smallest absolute Gasteiger partial charge is 0.255 e. The lowest BCUT2D eigenvalue weighted by atomic mass is 10.0. The summed E-state index contributed by atoms with van der Waals surface area (Å²) in [6, 6.07) is 5.51. The van der Waals surface area contributed by atoms with Gasteiger partial charge in [-0.1, -0.05) is 5.16 Å². The average molecular weight is 315 g/mol. The molecule has 6 heteroatoms. The van der Waals surface area contributed by atoms with E-state index in [4.69, 9.17) is 4.52 Å². The van der Waals surface area contributed by atoms with Gasteiger partial charge in [0.05, 0.1) is 23.1 Å². The monoisotopic (exact) mass is 315 g/mol. The molecule has 1 aliphatic heterocycles. The van der Waals surface area contributed by atoms with Crippen molar-refractivity contribution < 1.29 is 14.4 Å². The van der Waals surface area contributed by atoms with Crippen LogP contribution >= 0.6 is 0 Å². The van der Waals surface area contributed by atoms with Gasteiger partial charge in [0, 0.05) is 37.2 Å². The van der Waals surface area contributed by atoms with Gasteiger partial charge in [0.1, 0.15) is 5.76 Å². The van der Waals surface area contributed by atoms with Gasteiger partial charge < -0.3 is 14.5 Å². The van der Waals surface area contributed by atoms with Crippen molar-refractivity contribution in [3.63, 3.8) is 0 Å². The number of likely N-dealkylation sites (tertiary alicyclic amines) is 1. The van der Waals surface area contributed by atoms with Gasteiger partial charge >= 0.3 is 0 Å². The molecular weight excluding hydrogens is 294 g/mol. The summed E-state index contributed by atoms with van der Waals surface area (Å²) in [6.45, 7) is 6.44. The zero-order valence-electron chi connectivity index (χ0n) is 13.6. The third kappa shape index (κ3) is 3.27. The number of amides is 1. The molecule has 0 bridgehead atoms. The number of aliphatic hydroxyl groups is 1. The topological polar surface area (TPSA) is 79.5 Å². The third-order valence-corrected chi connectivity index (χ3v) is 4.29. The van der Waals surface area contributed by atoms with Crippen molar-refractivity contribution in [2.45, 2.75) is 33.3 Å². The summed E-state index contributed by atoms with van der Waals surface area (Å²) in [5.41, 5.74) is 3.03. The Kier molecular flexibility index (Phi) is 4.17. The lowest BCUT2D eigenvalue weighted by Crippen LogP contribution is -2.30. The first-order valence-electron chi connectivity index (χ1n) is 7.78. The van der Waals surface area contributed by atoms with Crippen LogP contribution in [0.1, 0.15) is 33.2 Å². The van der Waals surface area contributed by atoms with Gasteiger partial charge in [-0.2, -0.15) is 0 Å². The Morgan fingerprint density at radius 2 is 2.09 bits per heavy atom. The second-order valence-corrected chi connectivity index (χ2v) is 6.26. The van der Waals surface area contributed by atoms with E-state index in [-0.39, 0.29) is 11.8 Å². The lowest BCUT2D eigenvalue weighted by Gasteiger charge is -2.17. The van der Waals surface area contributed by atoms with E-state index in [1.54, 1.807) is 11.0 Å². The van der Waals surface area contributed by atoms with Gasteiger partial charge in [-0.15, -0.1) is 0 Å². The highest BCUT2D eigenvalue weighted by Gasteiger charge is 2.35. The third-order valence-electron chi connectivity index (χ3n) is 4.29. The molecule has 1 N–H and O–H groups in total. The maximum absolute atomic E-state index is 12.7. The van der Waals surface area contributed by atoms with Crippen molar-refractivity contribution >= 4 is 5.91 Å². The minimum atomic E-state index is -0.553. The van der Waals surface area contributed by atoms with Crippen LogP contribution in [-0.2, 0) is 6.42 Å². The van der Waals surface area contributed by atoms with Crippen molar-refractivity contribution in [2.75, 3.05) is 13.1 Å². The van der Waals surface area contributed by atoms with Crippen LogP contribution in [0.25, 0.3) is 0 Å². The number of rotatable bonds is 3. The molecule has 0 spiro atoms. The van der Waals surface area contributed by atoms with Gasteiger partial charge in [0.25, 0.3) is 5.91 Å². The molecule has 0 saturated carbocycles. The quantitative estimate of drug-likeness (QED) is 0.932. The first-order chi connectivity index (χ1) is 10.9. The number of aromatic nitrogens is 2. The SMILES string of the molecule is Cc1cc(C[C@@H]2CN(C(=O)c3ccc(C)nc3C)C[C@H]2O)on1. The lowest BCUT2D eigenvalue weighted by molar-refractivity contribution is 0.0763. The molecule has 122 valence electrons. The molecule has 1 aliphatic rings. The molecule has 2 atom stereocenters. The van der Waals surface area contributed by atoms with Crippen LogP contribution in [0.3, 0.4) is 0 Å². The van der Waals surface area contributed by atoms with Crippen molar-refractivity contribution in [1.29, 1.82) is 0 Å². The molecule has 1 fully saturated rings. The van der Waals surface area contributed by atoms with E-state index in [0.717, 1.165) is 22.8 Å². The first-order valence-corrected chi connectivity index (χ1v) is 7.78. The van der Waals surface area contributed by atoms with Crippen molar-refractivity contribution in [3.05, 3.63) is 46.6 Å². The van der Waals surface area contributed by atoms with Crippen molar-refractivity contribution in [2.24, 2.45) is 5.92 Å². The van der Waals surface area contributed by atoms with E-state index in [1.165, 1.54) is 0 Å². The molecule has 0 aliphatic carbocycles. The van der Waals surface area contributed by atoms with E-state index < -0.39 is 6.10 Å². The number of nitrogens with zero attached hydrogens (tertiary/aromatic N) is 3. The van der Waals surface area contributed by atoms with Crippen LogP contribution in [0.4, 0.5) is 0 Å². The highest BCUT2D eigenvalue weighted by atomic mass is 16.5. The molecule has 3 rings (SSSR count). The summed E-state index contributed by atoms with van der Waals surface area (Å²) in [7, 11) is 0. The summed E-state index contributed by atoms with van der Waals surface area (Å²) in [5, 5.41) is 14.1. The number of carbonyl (C=O) groups is 1. The molecule has 1 saturated heterocycles. The highest BCUT2D eigenvalue weighted by Crippen LogP contribution is 2.24. The van der Waals surface area contributed by atoms with Gasteiger partial charge in [-0.25, -0.2) is 0 Å². The molecule has 2 aromatic rings. The summed E-state index contributed by atoms with van der Waals surface area (Å²) in [6.07, 6.45) is 0.0276. The van der Waals surface area contributed by atoms with Crippen LogP contribution < -0.4 is 0 Å². The zero-order valence-corrected chi connectivity index (χ0v) is 13.6. The fourth-order valence-corrected chi connectivity index (χ4v) is 3.07. The Morgan fingerprint density at radius 3 is 2.74 bits per heavy atom. The van der Waals surface area contributed by atoms with Gasteiger partial charge in [-0.05, 0) is 32.9 Å². The van der Waals surface area contributed by atoms with E-state index in [1.807, 2.05) is 32.9 Å². The summed E-state index contributed by atoms with van der Waals surface area (Å²) >= 11 is 0. The molecular formula is C17H21N3O3. The van der Waals surface area contributed by atoms with Crippen LogP contribution in [0.5, 0.6) is 0 Å². The van der Waals surface area contributed by atoms with Crippen LogP contribution in [-0.4, -0.2) is 45.2 Å². The number of β-amino-alcohol motifs (C(OH)–C–C–N with tert-alkyl or cyclic N) is 1. The van der Waals surface area contributed by atoms with Gasteiger partial charge in [0.15, 0.2) is 0 Å². The summed E-state index contributed by atoms with van der Waals surface area (Å²) < 4.78 is 5.21. The molecule has 6 nitrogen and oxygen atoms in total. The zero-order chi connectivity index (χ0) is 16.6. The minimum absolute atomic E-state index is 0.0370. The van der Waals surface area contributed by atoms with Gasteiger partial charge in [-0.3, -0.25) is 9.78 Å². The highest BCUT2D eigenvalue weighted by molar-refractivity contribution is 5.95. The van der Waals surface area contributed by atoms with E-state index in [9.17, 15) is 9.90 Å². The normalized spacial score (nSPS) is 21.0. The van der Waals surface area contributed by atoms with E-state index in [0.29, 0.717) is 25.1 Å². The number of carbonyl (C=O) groups excluding carboxylic acids is 1. The Bertz CT molecular complexity index is 726. The van der Waals surface area contributed by atoms with Crippen molar-refractivity contribution in [3.8, 4) is 0 Å². The molecule has 1 amide bonds. The minimum Gasteiger partial charge on any atom is -0.391 e. The number of hydrogen-bond donors (Lipinski definition) is 1. The second kappa shape index (κ2) is 6.12. The molecule has 3 heterocycles. The Balaban J connectivity index is 1.71. The number of hydrogen-bond acceptors (Lipinski definition) is 5. The summed E-state index contributed by atoms with van der Waals surface area (Å²) in [5.74, 6) is 0.629. The van der Waals surface area contributed by atoms with E-state index in [2.05, 4.69) is 10.1 Å². The predicted molar refractivity (Wildman–Crippen MR) is 84.1 cm³/mol. The Hall–Kier alpha value is -2.21. The molecule has 0 aromatic carbocycles. The molecule has 0 radical (unpaired) electrons. The van der Waals surface area contributed by atoms with Crippen molar-refractivity contribution in [1.82, 2.24) is 15.0 Å². The Labute approximate surface area is 135 Å². The number of pyridine rings is 1. The Morgan fingerprint density at radius 1 is 1.30 bits per heavy atom. The standard InChI is InChI=1S/C17H21N3O3/c1-10-4-5-15(12(3)18-10)17(22)20-8-13(16(21)9-20)7-14-6-11(2)19-23-14/h4-6,13,16,21H,7-9H2,1-3H3/t13-,16-/m1/s1. The predicted octanol–water partition coefficient (Wildman–Crippen LogP) is 1.67. The van der Waals surface area contributed by atoms with Crippen LogP contribution in [0, 0.1) is 26.7 Å². The molecule has 2 aromatic heterocycles. The van der Waals surface area contributed by atoms with Gasteiger partial charge in [0.2, 0.25) is 0 Å². The second-order valence-electron chi connectivity index (χ2n) is 6.26. The average Bonchev–Trinajstić information content (AvgIpc) is 3.05. The van der Waals surface area contributed by atoms with Crippen LogP contribution in [0.15, 0.2) is 22.7 Å². The first kappa shape index (κ1) is 15.7. The molecule has 0 unspecified atom stereocenters. The number of aryl methyl sites for hydroxylation is 3. The number of aliphatic hydroxyl groups excluding tert-OH is 1. The fraction of sp³-hybridized carbons (Fsp3) is 0.471. The fourth-order valence-electron chi connectivity index (χ4n) is 3.07. The van der Waals surface area contributed by atoms with E-state index >= 15 is 0 Å². The summed E-state index contributed by atoms with van der Waals surface area (Å²) in [4.78, 5) is 18.7. The van der Waals surface area contributed by atoms with Crippen LogP contribution in [0.2, 0.25) is 0 Å². The largest absolute Gasteiger partial charge is 0.391 e. The maximum Gasteiger partial charge on any atom is 0.255 e. The maximum atomic E-state index is 12.7. The molecule has 23 heavy (non-hydrogen) atoms.